The van der Waals surface area contributed by atoms with Crippen molar-refractivity contribution in [2.75, 3.05) is 13.2 Å². The smallest absolute Gasteiger partial charge is 0.338 e. The van der Waals surface area contributed by atoms with E-state index in [4.69, 9.17) is 9.73 Å². The normalized spacial score (nSPS) is 15.9. The molecule has 36 heavy (non-hydrogen) atoms. The molecule has 12 heteroatoms. The summed E-state index contributed by atoms with van der Waals surface area (Å²) in [5.41, 5.74) is 1.79. The lowest BCUT2D eigenvalue weighted by molar-refractivity contribution is -0.139. The first-order valence-electron chi connectivity index (χ1n) is 10.9. The fourth-order valence-electron chi connectivity index (χ4n) is 3.55. The molecule has 8 nitrogen and oxygen atoms in total. The second kappa shape index (κ2) is 11.0. The van der Waals surface area contributed by atoms with E-state index in [1.807, 2.05) is 6.92 Å². The molecule has 0 amide bonds. The summed E-state index contributed by atoms with van der Waals surface area (Å²) in [6, 6.07) is 9.57. The van der Waals surface area contributed by atoms with Gasteiger partial charge in [-0.15, -0.1) is 11.3 Å². The number of halogens is 2. The number of aryl methyl sites for hydroxylation is 1. The number of sulfonamides is 1. The van der Waals surface area contributed by atoms with E-state index in [9.17, 15) is 17.6 Å². The maximum atomic E-state index is 13.8. The number of esters is 1. The number of carbonyl (C=O) groups is 1. The van der Waals surface area contributed by atoms with Gasteiger partial charge in [-0.25, -0.2) is 27.3 Å². The van der Waals surface area contributed by atoms with Gasteiger partial charge in [0, 0.05) is 21.7 Å². The van der Waals surface area contributed by atoms with Crippen molar-refractivity contribution in [2.45, 2.75) is 24.8 Å². The van der Waals surface area contributed by atoms with Crippen LogP contribution in [0, 0.1) is 12.7 Å². The molecule has 3 aromatic rings. The van der Waals surface area contributed by atoms with Gasteiger partial charge in [0.05, 0.1) is 23.6 Å². The molecule has 4 rings (SSSR count). The van der Waals surface area contributed by atoms with Crippen molar-refractivity contribution in [3.8, 4) is 0 Å². The highest BCUT2D eigenvalue weighted by atomic mass is 79.9. The standard InChI is InChI=1S/C24H22BrFN4O4S2/c1-3-34-24(31)20-19(13-28-36(32,33)16-7-4-14(2)5-8-16)29-22(23-27-10-11-35-23)30-21(20)17-9-6-15(26)12-18(17)25/h4-12,21,28H,3,13H2,1-2H3,(H,29,30). The van der Waals surface area contributed by atoms with Crippen LogP contribution in [-0.4, -0.2) is 38.4 Å². The maximum Gasteiger partial charge on any atom is 0.338 e. The molecule has 2 N–H and O–H groups in total. The molecule has 0 spiro atoms. The summed E-state index contributed by atoms with van der Waals surface area (Å²) in [7, 11) is -3.89. The van der Waals surface area contributed by atoms with Gasteiger partial charge in [0.2, 0.25) is 10.0 Å². The molecule has 188 valence electrons. The van der Waals surface area contributed by atoms with E-state index in [-0.39, 0.29) is 29.3 Å². The summed E-state index contributed by atoms with van der Waals surface area (Å²) < 4.78 is 48.0. The SMILES string of the molecule is CCOC(=O)C1=C(CNS(=O)(=O)c2ccc(C)cc2)NC(c2nccs2)=NC1c1ccc(F)cc1Br. The van der Waals surface area contributed by atoms with Crippen LogP contribution in [0.5, 0.6) is 0 Å². The molecule has 1 aliphatic heterocycles. The third kappa shape index (κ3) is 5.72. The van der Waals surface area contributed by atoms with Crippen LogP contribution in [0.4, 0.5) is 4.39 Å². The van der Waals surface area contributed by atoms with Crippen LogP contribution in [-0.2, 0) is 19.6 Å². The first kappa shape index (κ1) is 26.1. The first-order chi connectivity index (χ1) is 17.2. The fourth-order valence-corrected chi connectivity index (χ4v) is 5.70. The number of nitrogens with zero attached hydrogens (tertiary/aromatic N) is 2. The Morgan fingerprint density at radius 1 is 1.25 bits per heavy atom. The Hall–Kier alpha value is -2.93. The van der Waals surface area contributed by atoms with Gasteiger partial charge in [0.25, 0.3) is 0 Å². The molecule has 0 aliphatic carbocycles. The van der Waals surface area contributed by atoms with Gasteiger partial charge in [-0.3, -0.25) is 4.99 Å². The topological polar surface area (TPSA) is 110 Å². The molecular formula is C24H22BrFN4O4S2. The van der Waals surface area contributed by atoms with Crippen LogP contribution in [0.25, 0.3) is 0 Å². The molecule has 1 unspecified atom stereocenters. The van der Waals surface area contributed by atoms with Crippen molar-refractivity contribution in [2.24, 2.45) is 4.99 Å². The largest absolute Gasteiger partial charge is 0.463 e. The number of nitrogens with one attached hydrogen (secondary N) is 2. The highest BCUT2D eigenvalue weighted by Gasteiger charge is 2.34. The Bertz CT molecular complexity index is 1440. The van der Waals surface area contributed by atoms with Crippen molar-refractivity contribution in [1.29, 1.82) is 0 Å². The van der Waals surface area contributed by atoms with Gasteiger partial charge in [0.1, 0.15) is 11.9 Å². The number of benzene rings is 2. The van der Waals surface area contributed by atoms with Gasteiger partial charge in [-0.05, 0) is 43.7 Å². The van der Waals surface area contributed by atoms with E-state index in [0.29, 0.717) is 20.9 Å². The number of hydrogen-bond donors (Lipinski definition) is 2. The molecule has 0 saturated carbocycles. The van der Waals surface area contributed by atoms with E-state index in [2.05, 4.69) is 31.0 Å². The molecular weight excluding hydrogens is 571 g/mol. The number of hydrogen-bond acceptors (Lipinski definition) is 8. The van der Waals surface area contributed by atoms with E-state index < -0.39 is 27.9 Å². The monoisotopic (exact) mass is 592 g/mol. The second-order valence-electron chi connectivity index (χ2n) is 7.76. The Kier molecular flexibility index (Phi) is 7.98. The van der Waals surface area contributed by atoms with Crippen LogP contribution in [0.2, 0.25) is 0 Å². The van der Waals surface area contributed by atoms with E-state index in [1.54, 1.807) is 30.6 Å². The Balaban J connectivity index is 1.79. The van der Waals surface area contributed by atoms with E-state index in [0.717, 1.165) is 5.56 Å². The van der Waals surface area contributed by atoms with Gasteiger partial charge in [-0.2, -0.15) is 0 Å². The van der Waals surface area contributed by atoms with Gasteiger partial charge < -0.3 is 10.1 Å². The highest BCUT2D eigenvalue weighted by Crippen LogP contribution is 2.36. The maximum absolute atomic E-state index is 13.8. The third-order valence-electron chi connectivity index (χ3n) is 5.28. The number of carbonyl (C=O) groups excluding carboxylic acids is 1. The highest BCUT2D eigenvalue weighted by molar-refractivity contribution is 9.10. The van der Waals surface area contributed by atoms with E-state index in [1.165, 1.54) is 41.7 Å². The van der Waals surface area contributed by atoms with Crippen molar-refractivity contribution >= 4 is 49.1 Å². The average Bonchev–Trinajstić information content (AvgIpc) is 3.38. The predicted octanol–water partition coefficient (Wildman–Crippen LogP) is 4.24. The van der Waals surface area contributed by atoms with Gasteiger partial charge in [0.15, 0.2) is 10.8 Å². The summed E-state index contributed by atoms with van der Waals surface area (Å²) in [5, 5.41) is 5.38. The molecule has 2 aromatic carbocycles. The number of aliphatic imine (C=N–C) groups is 1. The number of thiazole rings is 1. The second-order valence-corrected chi connectivity index (χ2v) is 11.3. The zero-order chi connectivity index (χ0) is 25.9. The molecule has 1 aliphatic rings. The molecule has 0 bridgehead atoms. The summed E-state index contributed by atoms with van der Waals surface area (Å²) in [4.78, 5) is 22.2. The Labute approximate surface area is 220 Å². The van der Waals surface area contributed by atoms with Crippen LogP contribution in [0.1, 0.15) is 29.1 Å². The summed E-state index contributed by atoms with van der Waals surface area (Å²) >= 11 is 4.69. The lowest BCUT2D eigenvalue weighted by Crippen LogP contribution is -2.39. The Morgan fingerprint density at radius 3 is 2.64 bits per heavy atom. The van der Waals surface area contributed by atoms with E-state index >= 15 is 0 Å². The summed E-state index contributed by atoms with van der Waals surface area (Å²) in [6.07, 6.45) is 1.61. The van der Waals surface area contributed by atoms with Crippen LogP contribution in [0.3, 0.4) is 0 Å². The average molecular weight is 594 g/mol. The van der Waals surface area contributed by atoms with Gasteiger partial charge in [-0.1, -0.05) is 39.7 Å². The van der Waals surface area contributed by atoms with Crippen LogP contribution in [0.15, 0.2) is 79.7 Å². The van der Waals surface area contributed by atoms with Crippen LogP contribution >= 0.6 is 27.3 Å². The van der Waals surface area contributed by atoms with Crippen molar-refractivity contribution in [3.63, 3.8) is 0 Å². The minimum absolute atomic E-state index is 0.0915. The van der Waals surface area contributed by atoms with Crippen LogP contribution < -0.4 is 10.0 Å². The number of aromatic nitrogens is 1. The number of amidine groups is 1. The Morgan fingerprint density at radius 2 is 2.00 bits per heavy atom. The number of ether oxygens (including phenoxy) is 1. The zero-order valence-corrected chi connectivity index (χ0v) is 22.5. The molecule has 2 heterocycles. The molecule has 0 radical (unpaired) electrons. The molecule has 0 saturated heterocycles. The first-order valence-corrected chi connectivity index (χ1v) is 14.0. The third-order valence-corrected chi connectivity index (χ3v) is 8.17. The number of rotatable bonds is 8. The predicted molar refractivity (Wildman–Crippen MR) is 139 cm³/mol. The van der Waals surface area contributed by atoms with Crippen molar-refractivity contribution < 1.29 is 22.3 Å². The minimum atomic E-state index is -3.89. The van der Waals surface area contributed by atoms with Crippen molar-refractivity contribution in [3.05, 3.63) is 91.7 Å². The van der Waals surface area contributed by atoms with Crippen molar-refractivity contribution in [1.82, 2.24) is 15.0 Å². The summed E-state index contributed by atoms with van der Waals surface area (Å²) in [6.45, 7) is 3.39. The molecule has 1 aromatic heterocycles. The quantitative estimate of drug-likeness (QED) is 0.379. The molecule has 1 atom stereocenters. The molecule has 0 fully saturated rings. The fraction of sp³-hybridized carbons (Fsp3) is 0.208. The lowest BCUT2D eigenvalue weighted by atomic mass is 9.95. The minimum Gasteiger partial charge on any atom is -0.463 e. The lowest BCUT2D eigenvalue weighted by Gasteiger charge is -2.27. The zero-order valence-electron chi connectivity index (χ0n) is 19.3. The van der Waals surface area contributed by atoms with Gasteiger partial charge >= 0.3 is 5.97 Å². The summed E-state index contributed by atoms with van der Waals surface area (Å²) in [5.74, 6) is -0.780.